The maximum absolute atomic E-state index is 12.8. The van der Waals surface area contributed by atoms with Gasteiger partial charge in [-0.3, -0.25) is 14.2 Å². The Kier molecular flexibility index (Phi) is 60.6. The average molecular weight is 1180 g/mol. The van der Waals surface area contributed by atoms with Crippen molar-refractivity contribution in [2.45, 2.75) is 296 Å². The highest BCUT2D eigenvalue weighted by atomic mass is 31.2. The van der Waals surface area contributed by atoms with Crippen molar-refractivity contribution < 1.29 is 42.1 Å². The predicted molar refractivity (Wildman–Crippen MR) is 355 cm³/mol. The number of carbonyl (C=O) groups is 2. The number of hydrogen-bond donors (Lipinski definition) is 0. The normalized spacial score (nSPS) is 13.9. The summed E-state index contributed by atoms with van der Waals surface area (Å²) in [5.74, 6) is -0.900. The third-order valence-corrected chi connectivity index (χ3v) is 15.5. The van der Waals surface area contributed by atoms with Crippen LogP contribution in [0.5, 0.6) is 0 Å². The van der Waals surface area contributed by atoms with Gasteiger partial charge in [-0.05, 0) is 77.0 Å². The molecule has 0 aliphatic carbocycles. The van der Waals surface area contributed by atoms with E-state index < -0.39 is 32.5 Å². The zero-order chi connectivity index (χ0) is 60.5. The van der Waals surface area contributed by atoms with E-state index in [0.717, 1.165) is 77.0 Å². The van der Waals surface area contributed by atoms with E-state index in [1.807, 2.05) is 27.2 Å². The Morgan fingerprint density at radius 3 is 1.01 bits per heavy atom. The standard InChI is InChI=1S/C73H128NO8P/c1-6-8-10-12-14-16-18-20-22-24-26-28-30-32-34-36-38-39-41-43-45-47-49-51-53-55-57-59-61-63-65-72(75)79-69-71(70-81-83(77,78)80-68-67-74(3,4)5)82-73(76)66-64-62-60-58-56-54-52-50-48-46-44-42-40-37-35-33-31-29-27-25-23-21-19-17-15-13-11-9-7-2/h9,11,15,17,21,23,27,29,33,35,40,42,46,48,52,54,58,60,71H,6-8,10,12-14,16,18-20,22,24-26,28,30-32,34,36-39,41,43-45,47,49-51,53,55-57,59,61-70H2,1-5H3/b11-9-,17-15-,23-21-,29-27-,35-33-,42-40-,48-46-,54-52-,60-58-. The molecule has 0 aliphatic heterocycles. The van der Waals surface area contributed by atoms with Crippen molar-refractivity contribution in [1.29, 1.82) is 0 Å². The van der Waals surface area contributed by atoms with Gasteiger partial charge in [-0.2, -0.15) is 0 Å². The largest absolute Gasteiger partial charge is 0.756 e. The first-order valence-electron chi connectivity index (χ1n) is 34.1. The molecule has 2 atom stereocenters. The third-order valence-electron chi connectivity index (χ3n) is 14.6. The zero-order valence-corrected chi connectivity index (χ0v) is 55.3. The lowest BCUT2D eigenvalue weighted by molar-refractivity contribution is -0.870. The first-order chi connectivity index (χ1) is 40.5. The molecule has 0 rings (SSSR count). The molecule has 83 heavy (non-hydrogen) atoms. The maximum atomic E-state index is 12.8. The predicted octanol–water partition coefficient (Wildman–Crippen LogP) is 21.5. The van der Waals surface area contributed by atoms with Crippen molar-refractivity contribution in [2.75, 3.05) is 47.5 Å². The highest BCUT2D eigenvalue weighted by Gasteiger charge is 2.22. The molecule has 0 spiro atoms. The third kappa shape index (κ3) is 67.7. The lowest BCUT2D eigenvalue weighted by atomic mass is 10.0. The van der Waals surface area contributed by atoms with E-state index in [2.05, 4.69) is 117 Å². The van der Waals surface area contributed by atoms with E-state index in [1.54, 1.807) is 0 Å². The summed E-state index contributed by atoms with van der Waals surface area (Å²) in [6, 6.07) is 0. The number of phosphoric ester groups is 1. The number of nitrogens with zero attached hydrogens (tertiary/aromatic N) is 1. The molecule has 0 aromatic heterocycles. The van der Waals surface area contributed by atoms with Gasteiger partial charge in [0.25, 0.3) is 7.82 Å². The molecule has 0 aromatic rings. The second-order valence-electron chi connectivity index (χ2n) is 23.8. The summed E-state index contributed by atoms with van der Waals surface area (Å²) in [5, 5.41) is 0. The molecule has 0 aliphatic rings. The van der Waals surface area contributed by atoms with Crippen LogP contribution >= 0.6 is 7.82 Å². The number of esters is 2. The molecule has 0 aromatic carbocycles. The Morgan fingerprint density at radius 2 is 0.687 bits per heavy atom. The van der Waals surface area contributed by atoms with Gasteiger partial charge in [-0.1, -0.05) is 309 Å². The summed E-state index contributed by atoms with van der Waals surface area (Å²) in [6.07, 6.45) is 89.0. The first kappa shape index (κ1) is 79.7. The van der Waals surface area contributed by atoms with E-state index in [9.17, 15) is 19.0 Å². The van der Waals surface area contributed by atoms with Crippen molar-refractivity contribution in [2.24, 2.45) is 0 Å². The van der Waals surface area contributed by atoms with Crippen LogP contribution in [0, 0.1) is 0 Å². The summed E-state index contributed by atoms with van der Waals surface area (Å²) in [5.41, 5.74) is 0. The van der Waals surface area contributed by atoms with Gasteiger partial charge in [0, 0.05) is 12.8 Å². The van der Waals surface area contributed by atoms with Crippen molar-refractivity contribution >= 4 is 19.8 Å². The second-order valence-corrected chi connectivity index (χ2v) is 25.2. The zero-order valence-electron chi connectivity index (χ0n) is 54.4. The highest BCUT2D eigenvalue weighted by Crippen LogP contribution is 2.38. The molecular weight excluding hydrogens is 1050 g/mol. The molecule has 0 radical (unpaired) electrons. The number of allylic oxidation sites excluding steroid dienone is 18. The second kappa shape index (κ2) is 63.2. The summed E-state index contributed by atoms with van der Waals surface area (Å²) < 4.78 is 34.2. The van der Waals surface area contributed by atoms with Crippen molar-refractivity contribution in [3.8, 4) is 0 Å². The SMILES string of the molecule is CC/C=C\C/C=C\C/C=C\C/C=C\C/C=C\C/C=C\C/C=C\C/C=C\C/C=C\CCCC(=O)OC(COC(=O)CCCCCCCCCCCCCCCCCCCCCCCCCCCCCCCC)COP(=O)([O-])OCC[N+](C)(C)C. The smallest absolute Gasteiger partial charge is 0.306 e. The number of quaternary nitrogens is 1. The molecule has 10 heteroatoms. The number of rotatable bonds is 62. The van der Waals surface area contributed by atoms with E-state index in [1.165, 1.54) is 173 Å². The average Bonchev–Trinajstić information content (AvgIpc) is 3.49. The summed E-state index contributed by atoms with van der Waals surface area (Å²) >= 11 is 0. The number of carbonyl (C=O) groups excluding carboxylic acids is 2. The van der Waals surface area contributed by atoms with Crippen LogP contribution in [-0.2, 0) is 32.7 Å². The van der Waals surface area contributed by atoms with Gasteiger partial charge in [-0.15, -0.1) is 0 Å². The number of ether oxygens (including phenoxy) is 2. The molecule has 0 N–H and O–H groups in total. The number of phosphoric acid groups is 1. The highest BCUT2D eigenvalue weighted by molar-refractivity contribution is 7.45. The summed E-state index contributed by atoms with van der Waals surface area (Å²) in [4.78, 5) is 38.0. The fraction of sp³-hybridized carbons (Fsp3) is 0.726. The van der Waals surface area contributed by atoms with E-state index in [4.69, 9.17) is 18.5 Å². The van der Waals surface area contributed by atoms with Crippen LogP contribution < -0.4 is 4.89 Å². The van der Waals surface area contributed by atoms with Gasteiger partial charge in [0.15, 0.2) is 6.10 Å². The van der Waals surface area contributed by atoms with Crippen LogP contribution in [0.1, 0.15) is 290 Å². The molecule has 9 nitrogen and oxygen atoms in total. The molecule has 0 amide bonds. The van der Waals surface area contributed by atoms with Gasteiger partial charge < -0.3 is 27.9 Å². The number of hydrogen-bond acceptors (Lipinski definition) is 8. The van der Waals surface area contributed by atoms with Gasteiger partial charge in [-0.25, -0.2) is 0 Å². The van der Waals surface area contributed by atoms with Crippen LogP contribution in [0.4, 0.5) is 0 Å². The molecule has 0 heterocycles. The van der Waals surface area contributed by atoms with Gasteiger partial charge in [0.1, 0.15) is 19.8 Å². The lowest BCUT2D eigenvalue weighted by Crippen LogP contribution is -2.37. The molecule has 2 unspecified atom stereocenters. The fourth-order valence-electron chi connectivity index (χ4n) is 9.37. The van der Waals surface area contributed by atoms with Crippen LogP contribution in [0.2, 0.25) is 0 Å². The monoisotopic (exact) mass is 1180 g/mol. The summed E-state index contributed by atoms with van der Waals surface area (Å²) in [7, 11) is 1.12. The fourth-order valence-corrected chi connectivity index (χ4v) is 10.1. The molecule has 478 valence electrons. The quantitative estimate of drug-likeness (QED) is 0.0195. The molecule has 0 bridgehead atoms. The topological polar surface area (TPSA) is 111 Å². The number of unbranched alkanes of at least 4 members (excludes halogenated alkanes) is 30. The van der Waals surface area contributed by atoms with Crippen LogP contribution in [-0.4, -0.2) is 70.0 Å². The van der Waals surface area contributed by atoms with Gasteiger partial charge in [0.05, 0.1) is 27.7 Å². The van der Waals surface area contributed by atoms with E-state index in [-0.39, 0.29) is 26.1 Å². The van der Waals surface area contributed by atoms with Crippen LogP contribution in [0.3, 0.4) is 0 Å². The Labute approximate surface area is 512 Å². The molecule has 0 saturated carbocycles. The minimum atomic E-state index is -4.66. The lowest BCUT2D eigenvalue weighted by Gasteiger charge is -2.28. The Morgan fingerprint density at radius 1 is 0.386 bits per heavy atom. The molecule has 0 fully saturated rings. The molecular formula is C73H128NO8P. The van der Waals surface area contributed by atoms with E-state index in [0.29, 0.717) is 23.9 Å². The molecule has 0 saturated heterocycles. The van der Waals surface area contributed by atoms with Crippen molar-refractivity contribution in [3.63, 3.8) is 0 Å². The minimum Gasteiger partial charge on any atom is -0.756 e. The van der Waals surface area contributed by atoms with Crippen LogP contribution in [0.15, 0.2) is 109 Å². The Balaban J connectivity index is 4.16. The van der Waals surface area contributed by atoms with E-state index >= 15 is 0 Å². The van der Waals surface area contributed by atoms with Gasteiger partial charge >= 0.3 is 11.9 Å². The summed E-state index contributed by atoms with van der Waals surface area (Å²) in [6.45, 7) is 4.09. The van der Waals surface area contributed by atoms with Crippen LogP contribution in [0.25, 0.3) is 0 Å². The van der Waals surface area contributed by atoms with Crippen molar-refractivity contribution in [1.82, 2.24) is 0 Å². The first-order valence-corrected chi connectivity index (χ1v) is 35.6. The van der Waals surface area contributed by atoms with Crippen molar-refractivity contribution in [3.05, 3.63) is 109 Å². The Hall–Kier alpha value is -3.33. The Bertz CT molecular complexity index is 1770. The number of likely N-dealkylation sites (N-methyl/N-ethyl adjacent to an activating group) is 1. The minimum absolute atomic E-state index is 0.0461. The maximum Gasteiger partial charge on any atom is 0.306 e. The van der Waals surface area contributed by atoms with Gasteiger partial charge in [0.2, 0.25) is 0 Å².